The summed E-state index contributed by atoms with van der Waals surface area (Å²) in [4.78, 5) is 42.0. The van der Waals surface area contributed by atoms with Crippen LogP contribution in [0.2, 0.25) is 0 Å². The Kier molecular flexibility index (Phi) is 5.70. The molecule has 4 heterocycles. The molecular weight excluding hydrogens is 434 g/mol. The topological polar surface area (TPSA) is 88.8 Å². The van der Waals surface area contributed by atoms with Crippen LogP contribution in [0, 0.1) is 0 Å². The second-order valence-corrected chi connectivity index (χ2v) is 11.0. The van der Waals surface area contributed by atoms with Crippen LogP contribution in [0.15, 0.2) is 23.0 Å². The van der Waals surface area contributed by atoms with Gasteiger partial charge in [0.15, 0.2) is 0 Å². The Balaban J connectivity index is 1.37. The lowest BCUT2D eigenvalue weighted by Gasteiger charge is -2.41. The van der Waals surface area contributed by atoms with Gasteiger partial charge in [-0.1, -0.05) is 12.1 Å². The summed E-state index contributed by atoms with van der Waals surface area (Å²) in [6.45, 7) is 8.53. The molecule has 3 saturated heterocycles. The SMILES string of the molecule is Cn1c(=O)n(C2CCC(=O)NC2)c2cccc(CN3C[C@H]4CC[C@@H](C3)N4C(=O)OC(C)(C)C)c21. The van der Waals surface area contributed by atoms with Gasteiger partial charge in [0.05, 0.1) is 17.1 Å². The first-order valence-corrected chi connectivity index (χ1v) is 12.3. The molecule has 1 N–H and O–H groups in total. The Labute approximate surface area is 199 Å². The van der Waals surface area contributed by atoms with Gasteiger partial charge in [0, 0.05) is 51.7 Å². The van der Waals surface area contributed by atoms with Gasteiger partial charge in [-0.05, 0) is 51.7 Å². The molecule has 3 fully saturated rings. The number of para-hydroxylation sites is 1. The maximum atomic E-state index is 13.2. The number of nitrogens with zero attached hydrogens (tertiary/aromatic N) is 4. The van der Waals surface area contributed by atoms with E-state index in [9.17, 15) is 14.4 Å². The first kappa shape index (κ1) is 23.0. The van der Waals surface area contributed by atoms with Gasteiger partial charge in [-0.25, -0.2) is 9.59 Å². The van der Waals surface area contributed by atoms with Crippen LogP contribution in [0.3, 0.4) is 0 Å². The quantitative estimate of drug-likeness (QED) is 0.746. The Hall–Kier alpha value is -2.81. The number of piperidine rings is 1. The van der Waals surface area contributed by atoms with Crippen LogP contribution < -0.4 is 11.0 Å². The zero-order valence-corrected chi connectivity index (χ0v) is 20.5. The molecule has 2 bridgehead atoms. The molecule has 34 heavy (non-hydrogen) atoms. The van der Waals surface area contributed by atoms with Gasteiger partial charge < -0.3 is 10.1 Å². The largest absolute Gasteiger partial charge is 0.444 e. The van der Waals surface area contributed by atoms with E-state index in [2.05, 4.69) is 16.3 Å². The first-order chi connectivity index (χ1) is 16.1. The normalized spacial score (nSPS) is 25.6. The van der Waals surface area contributed by atoms with Crippen LogP contribution >= 0.6 is 0 Å². The fourth-order valence-electron chi connectivity index (χ4n) is 5.91. The third kappa shape index (κ3) is 4.10. The van der Waals surface area contributed by atoms with E-state index >= 15 is 0 Å². The Morgan fingerprint density at radius 3 is 2.41 bits per heavy atom. The summed E-state index contributed by atoms with van der Waals surface area (Å²) in [6.07, 6.45) is 2.89. The fourth-order valence-corrected chi connectivity index (χ4v) is 5.91. The molecule has 1 unspecified atom stereocenters. The lowest BCUT2D eigenvalue weighted by molar-refractivity contribution is -0.122. The molecule has 0 spiro atoms. The summed E-state index contributed by atoms with van der Waals surface area (Å²) in [7, 11) is 1.83. The van der Waals surface area contributed by atoms with Crippen molar-refractivity contribution in [1.82, 2.24) is 24.3 Å². The smallest absolute Gasteiger partial charge is 0.410 e. The number of hydrogen-bond acceptors (Lipinski definition) is 5. The molecule has 9 heteroatoms. The minimum atomic E-state index is -0.498. The number of carbonyl (C=O) groups is 2. The van der Waals surface area contributed by atoms with Crippen molar-refractivity contribution in [3.8, 4) is 0 Å². The predicted octanol–water partition coefficient (Wildman–Crippen LogP) is 2.37. The number of nitrogens with one attached hydrogen (secondary N) is 1. The van der Waals surface area contributed by atoms with Gasteiger partial charge >= 0.3 is 11.8 Å². The molecule has 3 aliphatic rings. The molecule has 1 aromatic heterocycles. The van der Waals surface area contributed by atoms with Crippen LogP contribution in [-0.4, -0.2) is 68.3 Å². The summed E-state index contributed by atoms with van der Waals surface area (Å²) in [5.41, 5.74) is 2.44. The van der Waals surface area contributed by atoms with E-state index < -0.39 is 5.60 Å². The van der Waals surface area contributed by atoms with Crippen LogP contribution in [0.5, 0.6) is 0 Å². The van der Waals surface area contributed by atoms with Crippen molar-refractivity contribution in [3.63, 3.8) is 0 Å². The van der Waals surface area contributed by atoms with Gasteiger partial charge in [0.1, 0.15) is 5.60 Å². The van der Waals surface area contributed by atoms with Crippen molar-refractivity contribution in [3.05, 3.63) is 34.2 Å². The van der Waals surface area contributed by atoms with Crippen LogP contribution in [0.1, 0.15) is 58.1 Å². The molecule has 184 valence electrons. The number of likely N-dealkylation sites (tertiary alicyclic amines) is 1. The van der Waals surface area contributed by atoms with E-state index in [4.69, 9.17) is 4.74 Å². The molecule has 3 aliphatic heterocycles. The number of fused-ring (bicyclic) bond motifs is 3. The highest BCUT2D eigenvalue weighted by Gasteiger charge is 2.44. The summed E-state index contributed by atoms with van der Waals surface area (Å²) < 4.78 is 9.26. The van der Waals surface area contributed by atoms with Gasteiger partial charge in [0.25, 0.3) is 0 Å². The molecule has 9 nitrogen and oxygen atoms in total. The van der Waals surface area contributed by atoms with Crippen molar-refractivity contribution in [2.24, 2.45) is 7.05 Å². The van der Waals surface area contributed by atoms with E-state index in [1.165, 1.54) is 0 Å². The fraction of sp³-hybridized carbons (Fsp3) is 0.640. The number of aryl methyl sites for hydroxylation is 1. The highest BCUT2D eigenvalue weighted by molar-refractivity contribution is 5.80. The Bertz CT molecular complexity index is 1150. The highest BCUT2D eigenvalue weighted by atomic mass is 16.6. The molecular formula is C25H35N5O4. The second-order valence-electron chi connectivity index (χ2n) is 11.0. The summed E-state index contributed by atoms with van der Waals surface area (Å²) >= 11 is 0. The first-order valence-electron chi connectivity index (χ1n) is 12.3. The van der Waals surface area contributed by atoms with Crippen LogP contribution in [-0.2, 0) is 23.1 Å². The highest BCUT2D eigenvalue weighted by Crippen LogP contribution is 2.33. The number of aromatic nitrogens is 2. The molecule has 2 aromatic rings. The standard InChI is InChI=1S/C25H35N5O4/c1-25(2,3)34-24(33)29-18-8-9-19(29)15-28(14-18)13-16-6-5-7-20-22(16)27(4)23(32)30(20)17-10-11-21(31)26-12-17/h5-7,17-19H,8-15H2,1-4H3,(H,26,31)/t17?,18-,19+. The van der Waals surface area contributed by atoms with E-state index in [-0.39, 0.29) is 35.8 Å². The lowest BCUT2D eigenvalue weighted by atomic mass is 10.1. The van der Waals surface area contributed by atoms with E-state index in [1.54, 1.807) is 4.57 Å². The van der Waals surface area contributed by atoms with Gasteiger partial charge in [-0.3, -0.25) is 23.7 Å². The number of ether oxygens (including phenoxy) is 1. The number of benzene rings is 1. The maximum absolute atomic E-state index is 13.2. The molecule has 2 amide bonds. The Morgan fingerprint density at radius 1 is 1.09 bits per heavy atom. The summed E-state index contributed by atoms with van der Waals surface area (Å²) in [5.74, 6) is 0.0466. The number of carbonyl (C=O) groups excluding carboxylic acids is 2. The molecule has 0 radical (unpaired) electrons. The average Bonchev–Trinajstić information content (AvgIpc) is 3.19. The lowest BCUT2D eigenvalue weighted by Crippen LogP contribution is -2.56. The van der Waals surface area contributed by atoms with Gasteiger partial charge in [-0.2, -0.15) is 0 Å². The van der Waals surface area contributed by atoms with E-state index in [0.717, 1.165) is 49.1 Å². The number of hydrogen-bond donors (Lipinski definition) is 1. The van der Waals surface area contributed by atoms with Crippen LogP contribution in [0.4, 0.5) is 4.79 Å². The molecule has 5 rings (SSSR count). The molecule has 0 aliphatic carbocycles. The molecule has 3 atom stereocenters. The Morgan fingerprint density at radius 2 is 1.79 bits per heavy atom. The average molecular weight is 470 g/mol. The minimum absolute atomic E-state index is 0.0302. The maximum Gasteiger partial charge on any atom is 0.410 e. The minimum Gasteiger partial charge on any atom is -0.444 e. The van der Waals surface area contributed by atoms with Crippen molar-refractivity contribution in [1.29, 1.82) is 0 Å². The van der Waals surface area contributed by atoms with Gasteiger partial charge in [-0.15, -0.1) is 0 Å². The van der Waals surface area contributed by atoms with Crippen LogP contribution in [0.25, 0.3) is 11.0 Å². The zero-order chi connectivity index (χ0) is 24.2. The number of imidazole rings is 1. The number of piperazine rings is 1. The predicted molar refractivity (Wildman–Crippen MR) is 129 cm³/mol. The second kappa shape index (κ2) is 8.45. The molecule has 0 saturated carbocycles. The monoisotopic (exact) mass is 469 g/mol. The van der Waals surface area contributed by atoms with E-state index in [1.807, 2.05) is 49.4 Å². The third-order valence-corrected chi connectivity index (χ3v) is 7.35. The molecule has 1 aromatic carbocycles. The number of rotatable bonds is 3. The van der Waals surface area contributed by atoms with Crippen molar-refractivity contribution in [2.45, 2.75) is 76.7 Å². The summed E-state index contributed by atoms with van der Waals surface area (Å²) in [6, 6.07) is 6.40. The zero-order valence-electron chi connectivity index (χ0n) is 20.5. The van der Waals surface area contributed by atoms with E-state index in [0.29, 0.717) is 19.4 Å². The van der Waals surface area contributed by atoms with Gasteiger partial charge in [0.2, 0.25) is 5.91 Å². The van der Waals surface area contributed by atoms with Crippen molar-refractivity contribution in [2.75, 3.05) is 19.6 Å². The summed E-state index contributed by atoms with van der Waals surface area (Å²) in [5, 5.41) is 2.90. The number of amides is 2. The third-order valence-electron chi connectivity index (χ3n) is 7.35. The van der Waals surface area contributed by atoms with Crippen molar-refractivity contribution >= 4 is 23.0 Å². The van der Waals surface area contributed by atoms with Crippen molar-refractivity contribution < 1.29 is 14.3 Å².